The normalized spacial score (nSPS) is 17.3. The van der Waals surface area contributed by atoms with Gasteiger partial charge in [0, 0.05) is 30.9 Å². The summed E-state index contributed by atoms with van der Waals surface area (Å²) in [6.45, 7) is 13.2. The lowest BCUT2D eigenvalue weighted by atomic mass is 9.96. The van der Waals surface area contributed by atoms with Crippen molar-refractivity contribution in [3.63, 3.8) is 0 Å². The van der Waals surface area contributed by atoms with Crippen molar-refractivity contribution in [1.82, 2.24) is 5.32 Å². The highest BCUT2D eigenvalue weighted by Gasteiger charge is 2.27. The van der Waals surface area contributed by atoms with Crippen LogP contribution in [0.1, 0.15) is 59.9 Å². The Hall–Kier alpha value is -1.80. The molecule has 2 rings (SSSR count). The van der Waals surface area contributed by atoms with Gasteiger partial charge < -0.3 is 19.5 Å². The molecule has 1 aromatic carbocycles. The van der Waals surface area contributed by atoms with Gasteiger partial charge in [-0.1, -0.05) is 4.40 Å². The number of carbonyl (C=O) groups excluding carboxylic acids is 1. The zero-order valence-electron chi connectivity index (χ0n) is 18.8. The monoisotopic (exact) mass is 439 g/mol. The zero-order chi connectivity index (χ0) is 22.5. The van der Waals surface area contributed by atoms with E-state index in [1.807, 2.05) is 41.5 Å². The first-order valence-electron chi connectivity index (χ1n) is 10.3. The van der Waals surface area contributed by atoms with Gasteiger partial charge in [0.15, 0.2) is 0 Å². The van der Waals surface area contributed by atoms with Gasteiger partial charge in [-0.25, -0.2) is 9.18 Å². The number of nitrogens with one attached hydrogen (secondary N) is 1. The smallest absolute Gasteiger partial charge is 0.407 e. The van der Waals surface area contributed by atoms with Crippen LogP contribution >= 0.6 is 0 Å². The number of hydrogen-bond acceptors (Lipinski definition) is 5. The predicted octanol–water partition coefficient (Wildman–Crippen LogP) is 4.45. The summed E-state index contributed by atoms with van der Waals surface area (Å²) in [6, 6.07) is 4.61. The molecular formula is C22H34FN3O3S. The van der Waals surface area contributed by atoms with E-state index in [1.54, 1.807) is 6.07 Å². The fraction of sp³-hybridized carbons (Fsp3) is 0.636. The first kappa shape index (κ1) is 24.5. The van der Waals surface area contributed by atoms with Crippen molar-refractivity contribution < 1.29 is 18.5 Å². The van der Waals surface area contributed by atoms with Gasteiger partial charge in [0.2, 0.25) is 0 Å². The first-order valence-corrected chi connectivity index (χ1v) is 11.4. The summed E-state index contributed by atoms with van der Waals surface area (Å²) in [5.74, 6) is 0.0120. The molecule has 1 fully saturated rings. The topological polar surface area (TPSA) is 77.0 Å². The SMILES string of the molecule is CC(C)(C)OC(=O)NCC1CCN(c2ccc(F)cc2C=N[S+]([O-])C(C)(C)C)CC1. The van der Waals surface area contributed by atoms with Crippen LogP contribution in [0.15, 0.2) is 22.6 Å². The Labute approximate surface area is 182 Å². The second kappa shape index (κ2) is 10.0. The summed E-state index contributed by atoms with van der Waals surface area (Å²) in [6.07, 6.45) is 2.92. The number of rotatable bonds is 5. The Morgan fingerprint density at radius 1 is 1.30 bits per heavy atom. The fourth-order valence-corrected chi connectivity index (χ4v) is 3.62. The number of hydrogen-bond donors (Lipinski definition) is 1. The summed E-state index contributed by atoms with van der Waals surface area (Å²) in [4.78, 5) is 14.0. The average Bonchev–Trinajstić information content (AvgIpc) is 2.63. The number of anilines is 1. The third kappa shape index (κ3) is 7.80. The second-order valence-corrected chi connectivity index (χ2v) is 11.5. The minimum absolute atomic E-state index is 0.349. The molecule has 1 heterocycles. The number of benzene rings is 1. The number of halogens is 1. The molecule has 0 aliphatic carbocycles. The molecular weight excluding hydrogens is 405 g/mol. The largest absolute Gasteiger partial charge is 0.591 e. The van der Waals surface area contributed by atoms with Gasteiger partial charge >= 0.3 is 6.09 Å². The first-order chi connectivity index (χ1) is 13.8. The van der Waals surface area contributed by atoms with Crippen LogP contribution in [0.25, 0.3) is 0 Å². The molecule has 1 N–H and O–H groups in total. The van der Waals surface area contributed by atoms with E-state index in [0.29, 0.717) is 18.0 Å². The van der Waals surface area contributed by atoms with E-state index in [9.17, 15) is 13.7 Å². The van der Waals surface area contributed by atoms with Gasteiger partial charge in [0.25, 0.3) is 0 Å². The zero-order valence-corrected chi connectivity index (χ0v) is 19.6. The van der Waals surface area contributed by atoms with E-state index in [2.05, 4.69) is 14.6 Å². The van der Waals surface area contributed by atoms with E-state index < -0.39 is 27.8 Å². The Bertz CT molecular complexity index is 751. The molecule has 1 unspecified atom stereocenters. The van der Waals surface area contributed by atoms with Gasteiger partial charge in [0.05, 0.1) is 6.21 Å². The maximum atomic E-state index is 13.8. The molecule has 1 amide bonds. The van der Waals surface area contributed by atoms with Gasteiger partial charge in [-0.3, -0.25) is 0 Å². The number of amides is 1. The summed E-state index contributed by atoms with van der Waals surface area (Å²) in [5, 5.41) is 2.84. The Balaban J connectivity index is 1.97. The minimum atomic E-state index is -1.40. The van der Waals surface area contributed by atoms with E-state index in [-0.39, 0.29) is 5.82 Å². The Morgan fingerprint density at radius 2 is 1.93 bits per heavy atom. The fourth-order valence-electron chi connectivity index (χ4n) is 3.10. The van der Waals surface area contributed by atoms with E-state index in [0.717, 1.165) is 31.6 Å². The maximum absolute atomic E-state index is 13.8. The maximum Gasteiger partial charge on any atom is 0.407 e. The highest BCUT2D eigenvalue weighted by atomic mass is 32.2. The van der Waals surface area contributed by atoms with Crippen LogP contribution < -0.4 is 10.2 Å². The summed E-state index contributed by atoms with van der Waals surface area (Å²) in [5.41, 5.74) is 0.993. The molecule has 1 aliphatic rings. The molecule has 0 spiro atoms. The molecule has 1 saturated heterocycles. The van der Waals surface area contributed by atoms with Crippen LogP contribution in [0.3, 0.4) is 0 Å². The molecule has 30 heavy (non-hydrogen) atoms. The third-order valence-corrected chi connectivity index (χ3v) is 6.03. The highest BCUT2D eigenvalue weighted by molar-refractivity contribution is 7.91. The van der Waals surface area contributed by atoms with Crippen molar-refractivity contribution in [1.29, 1.82) is 0 Å². The summed E-state index contributed by atoms with van der Waals surface area (Å²) >= 11 is -1.40. The van der Waals surface area contributed by atoms with Crippen molar-refractivity contribution in [3.8, 4) is 0 Å². The third-order valence-electron chi connectivity index (χ3n) is 4.69. The lowest BCUT2D eigenvalue weighted by Crippen LogP contribution is -2.40. The van der Waals surface area contributed by atoms with Gasteiger partial charge in [-0.2, -0.15) is 0 Å². The number of carbonyl (C=O) groups is 1. The number of alkyl carbamates (subject to hydrolysis) is 1. The van der Waals surface area contributed by atoms with Crippen LogP contribution in [0, 0.1) is 11.7 Å². The molecule has 1 aliphatic heterocycles. The molecule has 1 atom stereocenters. The molecule has 0 saturated carbocycles. The van der Waals surface area contributed by atoms with Gasteiger partial charge in [-0.15, -0.1) is 0 Å². The Morgan fingerprint density at radius 3 is 2.50 bits per heavy atom. The Kier molecular flexibility index (Phi) is 8.16. The van der Waals surface area contributed by atoms with Crippen LogP contribution in [-0.4, -0.2) is 46.8 Å². The van der Waals surface area contributed by atoms with E-state index in [1.165, 1.54) is 18.3 Å². The number of ether oxygens (including phenoxy) is 1. The molecule has 0 aromatic heterocycles. The standard InChI is InChI=1S/C22H34FN3O3S/c1-21(2,3)29-20(27)24-14-16-9-11-26(12-10-16)19-8-7-18(23)13-17(19)15-25-30(28)22(4,5)6/h7-8,13,15-16H,9-12,14H2,1-6H3,(H,24,27). The summed E-state index contributed by atoms with van der Waals surface area (Å²) < 4.78 is 35.0. The van der Waals surface area contributed by atoms with Crippen LogP contribution in [0.5, 0.6) is 0 Å². The van der Waals surface area contributed by atoms with Crippen molar-refractivity contribution in [2.75, 3.05) is 24.5 Å². The second-order valence-electron chi connectivity index (χ2n) is 9.61. The predicted molar refractivity (Wildman–Crippen MR) is 121 cm³/mol. The molecule has 0 radical (unpaired) electrons. The van der Waals surface area contributed by atoms with Gasteiger partial charge in [0.1, 0.15) is 27.5 Å². The average molecular weight is 440 g/mol. The lowest BCUT2D eigenvalue weighted by molar-refractivity contribution is 0.0517. The molecule has 1 aromatic rings. The summed E-state index contributed by atoms with van der Waals surface area (Å²) in [7, 11) is 0. The molecule has 0 bridgehead atoms. The van der Waals surface area contributed by atoms with Crippen LogP contribution in [-0.2, 0) is 16.1 Å². The van der Waals surface area contributed by atoms with E-state index in [4.69, 9.17) is 4.74 Å². The van der Waals surface area contributed by atoms with Crippen LogP contribution in [0.4, 0.5) is 14.9 Å². The van der Waals surface area contributed by atoms with Crippen molar-refractivity contribution >= 4 is 29.4 Å². The van der Waals surface area contributed by atoms with Crippen molar-refractivity contribution in [2.24, 2.45) is 10.3 Å². The molecule has 168 valence electrons. The minimum Gasteiger partial charge on any atom is -0.591 e. The van der Waals surface area contributed by atoms with E-state index >= 15 is 0 Å². The highest BCUT2D eigenvalue weighted by Crippen LogP contribution is 2.27. The van der Waals surface area contributed by atoms with Crippen molar-refractivity contribution in [2.45, 2.75) is 64.7 Å². The van der Waals surface area contributed by atoms with Crippen LogP contribution in [0.2, 0.25) is 0 Å². The number of piperidine rings is 1. The quantitative estimate of drug-likeness (QED) is 0.543. The molecule has 6 nitrogen and oxygen atoms in total. The number of nitrogens with zero attached hydrogens (tertiary/aromatic N) is 2. The lowest BCUT2D eigenvalue weighted by Gasteiger charge is -2.34. The molecule has 8 heteroatoms. The van der Waals surface area contributed by atoms with Gasteiger partial charge in [-0.05, 0) is 78.5 Å². The van der Waals surface area contributed by atoms with Crippen molar-refractivity contribution in [3.05, 3.63) is 29.6 Å².